The molecule has 0 bridgehead atoms. The number of aromatic nitrogens is 1. The number of nitrogens with one attached hydrogen (secondary N) is 2. The topological polar surface area (TPSA) is 111 Å². The van der Waals surface area contributed by atoms with Gasteiger partial charge in [0.1, 0.15) is 5.69 Å². The van der Waals surface area contributed by atoms with E-state index in [0.717, 1.165) is 0 Å². The van der Waals surface area contributed by atoms with Crippen molar-refractivity contribution in [3.8, 4) is 11.5 Å². The van der Waals surface area contributed by atoms with Gasteiger partial charge in [0, 0.05) is 11.9 Å². The van der Waals surface area contributed by atoms with E-state index in [4.69, 9.17) is 9.15 Å². The summed E-state index contributed by atoms with van der Waals surface area (Å²) < 4.78 is 10.5. The number of hydrogen-bond donors (Lipinski definition) is 2. The summed E-state index contributed by atoms with van der Waals surface area (Å²) in [7, 11) is 0. The Morgan fingerprint density at radius 2 is 1.89 bits per heavy atom. The number of amides is 2. The standard InChI is InChI=1S/C20H19N3O5/c1-2-21-18(24)11-22-19(25)12-28-20(26)14-10-16(17-8-5-9-27-17)23-15-7-4-3-6-13(14)15/h3-10H,2,11-12H2,1H3,(H,21,24)(H,22,25). The monoisotopic (exact) mass is 381 g/mol. The van der Waals surface area contributed by atoms with Crippen LogP contribution in [0.4, 0.5) is 0 Å². The third-order valence-corrected chi connectivity index (χ3v) is 3.86. The maximum atomic E-state index is 12.6. The second kappa shape index (κ2) is 8.81. The van der Waals surface area contributed by atoms with E-state index in [2.05, 4.69) is 15.6 Å². The minimum absolute atomic E-state index is 0.176. The van der Waals surface area contributed by atoms with Crippen LogP contribution in [0.25, 0.3) is 22.4 Å². The predicted molar refractivity (Wildman–Crippen MR) is 101 cm³/mol. The number of esters is 1. The van der Waals surface area contributed by atoms with Crippen molar-refractivity contribution in [2.24, 2.45) is 0 Å². The number of pyridine rings is 1. The molecule has 2 N–H and O–H groups in total. The van der Waals surface area contributed by atoms with Crippen LogP contribution < -0.4 is 10.6 Å². The van der Waals surface area contributed by atoms with Crippen LogP contribution in [0.5, 0.6) is 0 Å². The average Bonchev–Trinajstić information content (AvgIpc) is 3.24. The van der Waals surface area contributed by atoms with Crippen molar-refractivity contribution < 1.29 is 23.5 Å². The van der Waals surface area contributed by atoms with Gasteiger partial charge in [-0.2, -0.15) is 0 Å². The molecule has 28 heavy (non-hydrogen) atoms. The maximum absolute atomic E-state index is 12.6. The Morgan fingerprint density at radius 1 is 1.07 bits per heavy atom. The molecule has 0 unspecified atom stereocenters. The van der Waals surface area contributed by atoms with Crippen molar-refractivity contribution >= 4 is 28.7 Å². The van der Waals surface area contributed by atoms with E-state index >= 15 is 0 Å². The van der Waals surface area contributed by atoms with Crippen molar-refractivity contribution in [2.45, 2.75) is 6.92 Å². The van der Waals surface area contributed by atoms with Crippen LogP contribution in [0.3, 0.4) is 0 Å². The molecule has 2 amide bonds. The second-order valence-corrected chi connectivity index (χ2v) is 5.86. The Bertz CT molecular complexity index is 998. The number of carbonyl (C=O) groups is 3. The van der Waals surface area contributed by atoms with E-state index in [9.17, 15) is 14.4 Å². The number of nitrogens with zero attached hydrogens (tertiary/aromatic N) is 1. The fraction of sp³-hybridized carbons (Fsp3) is 0.200. The minimum atomic E-state index is -0.667. The number of carbonyl (C=O) groups excluding carboxylic acids is 3. The first-order chi connectivity index (χ1) is 13.6. The maximum Gasteiger partial charge on any atom is 0.339 e. The fourth-order valence-electron chi connectivity index (χ4n) is 2.59. The molecular formula is C20H19N3O5. The largest absolute Gasteiger partial charge is 0.463 e. The number of ether oxygens (including phenoxy) is 1. The molecule has 3 rings (SSSR count). The average molecular weight is 381 g/mol. The van der Waals surface area contributed by atoms with Gasteiger partial charge in [0.2, 0.25) is 5.91 Å². The molecule has 0 atom stereocenters. The Hall–Kier alpha value is -3.68. The molecule has 8 nitrogen and oxygen atoms in total. The van der Waals surface area contributed by atoms with Crippen LogP contribution in [0, 0.1) is 0 Å². The zero-order valence-corrected chi connectivity index (χ0v) is 15.2. The summed E-state index contributed by atoms with van der Waals surface area (Å²) >= 11 is 0. The van der Waals surface area contributed by atoms with Gasteiger partial charge in [-0.25, -0.2) is 9.78 Å². The highest BCUT2D eigenvalue weighted by molar-refractivity contribution is 6.05. The number of furan rings is 1. The van der Waals surface area contributed by atoms with E-state index in [1.165, 1.54) is 6.26 Å². The second-order valence-electron chi connectivity index (χ2n) is 5.86. The normalized spacial score (nSPS) is 10.5. The summed E-state index contributed by atoms with van der Waals surface area (Å²) in [6, 6.07) is 12.1. The third-order valence-electron chi connectivity index (χ3n) is 3.86. The highest BCUT2D eigenvalue weighted by atomic mass is 16.5. The van der Waals surface area contributed by atoms with Crippen molar-refractivity contribution in [1.29, 1.82) is 0 Å². The fourth-order valence-corrected chi connectivity index (χ4v) is 2.59. The first-order valence-corrected chi connectivity index (χ1v) is 8.72. The van der Waals surface area contributed by atoms with Gasteiger partial charge >= 0.3 is 5.97 Å². The Labute approximate surface area is 160 Å². The molecule has 1 aromatic carbocycles. The summed E-state index contributed by atoms with van der Waals surface area (Å²) in [5, 5.41) is 5.55. The summed E-state index contributed by atoms with van der Waals surface area (Å²) in [6.45, 7) is 1.57. The number of hydrogen-bond acceptors (Lipinski definition) is 6. The zero-order chi connectivity index (χ0) is 19.9. The highest BCUT2D eigenvalue weighted by Crippen LogP contribution is 2.25. The molecule has 3 aromatic rings. The molecule has 8 heteroatoms. The summed E-state index contributed by atoms with van der Waals surface area (Å²) in [6.07, 6.45) is 1.52. The quantitative estimate of drug-likeness (QED) is 0.605. The van der Waals surface area contributed by atoms with Crippen molar-refractivity contribution in [3.63, 3.8) is 0 Å². The lowest BCUT2D eigenvalue weighted by Crippen LogP contribution is -2.38. The van der Waals surface area contributed by atoms with Crippen molar-refractivity contribution in [3.05, 3.63) is 54.3 Å². The lowest BCUT2D eigenvalue weighted by Gasteiger charge is -2.09. The van der Waals surface area contributed by atoms with Gasteiger partial charge in [0.25, 0.3) is 5.91 Å². The number of para-hydroxylation sites is 1. The molecule has 0 aliphatic carbocycles. The molecule has 0 saturated carbocycles. The Morgan fingerprint density at radius 3 is 2.64 bits per heavy atom. The Kier molecular flexibility index (Phi) is 6.01. The van der Waals surface area contributed by atoms with Crippen LogP contribution >= 0.6 is 0 Å². The van der Waals surface area contributed by atoms with Crippen molar-refractivity contribution in [1.82, 2.24) is 15.6 Å². The first kappa shape index (κ1) is 19.1. The predicted octanol–water partition coefficient (Wildman–Crippen LogP) is 1.90. The number of fused-ring (bicyclic) bond motifs is 1. The molecule has 0 saturated heterocycles. The lowest BCUT2D eigenvalue weighted by atomic mass is 10.1. The summed E-state index contributed by atoms with van der Waals surface area (Å²) in [4.78, 5) is 40.2. The van der Waals surface area contributed by atoms with Crippen LogP contribution in [0.2, 0.25) is 0 Å². The van der Waals surface area contributed by atoms with Gasteiger partial charge in [0.05, 0.1) is 23.9 Å². The van der Waals surface area contributed by atoms with E-state index in [-0.39, 0.29) is 18.0 Å². The van der Waals surface area contributed by atoms with Crippen LogP contribution in [0.1, 0.15) is 17.3 Å². The number of rotatable bonds is 7. The van der Waals surface area contributed by atoms with E-state index < -0.39 is 18.5 Å². The van der Waals surface area contributed by atoms with Crippen molar-refractivity contribution in [2.75, 3.05) is 19.7 Å². The molecule has 0 radical (unpaired) electrons. The zero-order valence-electron chi connectivity index (χ0n) is 15.2. The molecule has 0 aliphatic rings. The van der Waals surface area contributed by atoms with Gasteiger partial charge in [-0.15, -0.1) is 0 Å². The minimum Gasteiger partial charge on any atom is -0.463 e. The molecule has 0 fully saturated rings. The van der Waals surface area contributed by atoms with Gasteiger partial charge < -0.3 is 19.8 Å². The van der Waals surface area contributed by atoms with Gasteiger partial charge in [-0.1, -0.05) is 18.2 Å². The van der Waals surface area contributed by atoms with E-state index in [1.54, 1.807) is 43.3 Å². The van der Waals surface area contributed by atoms with E-state index in [0.29, 0.717) is 28.9 Å². The first-order valence-electron chi connectivity index (χ1n) is 8.72. The number of likely N-dealkylation sites (N-methyl/N-ethyl adjacent to an activating group) is 1. The SMILES string of the molecule is CCNC(=O)CNC(=O)COC(=O)c1cc(-c2ccco2)nc2ccccc12. The van der Waals surface area contributed by atoms with Gasteiger partial charge in [-0.3, -0.25) is 9.59 Å². The number of benzene rings is 1. The molecule has 144 valence electrons. The summed E-state index contributed by atoms with van der Waals surface area (Å²) in [5.74, 6) is -1.03. The lowest BCUT2D eigenvalue weighted by molar-refractivity contribution is -0.127. The molecule has 2 heterocycles. The smallest absolute Gasteiger partial charge is 0.339 e. The van der Waals surface area contributed by atoms with Crippen LogP contribution in [-0.2, 0) is 14.3 Å². The van der Waals surface area contributed by atoms with Crippen LogP contribution in [0.15, 0.2) is 53.1 Å². The molecule has 0 spiro atoms. The molecule has 0 aliphatic heterocycles. The summed E-state index contributed by atoms with van der Waals surface area (Å²) in [5.41, 5.74) is 1.36. The highest BCUT2D eigenvalue weighted by Gasteiger charge is 2.17. The van der Waals surface area contributed by atoms with Gasteiger partial charge in [0.15, 0.2) is 12.4 Å². The third kappa shape index (κ3) is 4.53. The molecule has 2 aromatic heterocycles. The van der Waals surface area contributed by atoms with Gasteiger partial charge in [-0.05, 0) is 31.2 Å². The van der Waals surface area contributed by atoms with E-state index in [1.807, 2.05) is 6.07 Å². The van der Waals surface area contributed by atoms with Crippen LogP contribution in [-0.4, -0.2) is 42.5 Å². The Balaban J connectivity index is 1.74. The molecular weight excluding hydrogens is 362 g/mol.